The van der Waals surface area contributed by atoms with Crippen LogP contribution in [0, 0.1) is 0 Å². The number of amides is 3. The number of hydrogen-bond donors (Lipinski definition) is 2. The molecule has 3 amide bonds. The molecular formula is C30H41ClN8O7S2. The van der Waals surface area contributed by atoms with Crippen molar-refractivity contribution in [3.63, 3.8) is 0 Å². The number of hydrogen-bond acceptors (Lipinski definition) is 13. The number of rotatable bonds is 17. The summed E-state index contributed by atoms with van der Waals surface area (Å²) in [5.41, 5.74) is 2.35. The minimum absolute atomic E-state index is 0. The molecule has 2 aliphatic rings. The Labute approximate surface area is 293 Å². The molecule has 48 heavy (non-hydrogen) atoms. The molecule has 2 N–H and O–H groups in total. The first-order chi connectivity index (χ1) is 22.7. The first kappa shape index (κ1) is 38.8. The van der Waals surface area contributed by atoms with Crippen LogP contribution in [0.5, 0.6) is 0 Å². The molecule has 262 valence electrons. The summed E-state index contributed by atoms with van der Waals surface area (Å²) in [6, 6.07) is 6.47. The van der Waals surface area contributed by atoms with Crippen LogP contribution in [0.15, 0.2) is 40.7 Å². The van der Waals surface area contributed by atoms with E-state index in [4.69, 9.17) is 9.47 Å². The molecule has 4 rings (SSSR count). The Morgan fingerprint density at radius 1 is 1.10 bits per heavy atom. The van der Waals surface area contributed by atoms with Crippen molar-refractivity contribution in [3.05, 3.63) is 46.7 Å². The van der Waals surface area contributed by atoms with E-state index in [1.54, 1.807) is 6.92 Å². The van der Waals surface area contributed by atoms with Crippen molar-refractivity contribution >= 4 is 65.6 Å². The fourth-order valence-electron chi connectivity index (χ4n) is 5.06. The van der Waals surface area contributed by atoms with Crippen LogP contribution in [-0.2, 0) is 53.0 Å². The van der Waals surface area contributed by atoms with Gasteiger partial charge in [-0.25, -0.2) is 9.48 Å². The molecule has 0 spiro atoms. The van der Waals surface area contributed by atoms with Crippen LogP contribution in [-0.4, -0.2) is 115 Å². The Morgan fingerprint density at radius 2 is 1.83 bits per heavy atom. The lowest BCUT2D eigenvalue weighted by molar-refractivity contribution is -0.153. The second-order valence-electron chi connectivity index (χ2n) is 10.6. The minimum atomic E-state index is -0.820. The maximum Gasteiger partial charge on any atom is 0.355 e. The number of nitrogens with zero attached hydrogens (tertiary/aromatic N) is 6. The standard InChI is InChI=1S/C30H40N8O7S2.ClH/c1-5-36(6-2)12-13-45-29(43)26-22(18-47-30-33-34-35-37(30)16-24(41)44-7-3)17-46-28-25(27(42)38(26)28)32-23(40)14-20-10-8-9-11-21(20)15-31-19(4)39;/h8-11,25,28H,5-7,12-18H2,1-4H3,(H,31,39)(H,32,40);1H. The molecule has 1 fully saturated rings. The topological polar surface area (TPSA) is 178 Å². The molecule has 18 heteroatoms. The van der Waals surface area contributed by atoms with Gasteiger partial charge in [0.25, 0.3) is 5.91 Å². The molecule has 2 aromatic rings. The van der Waals surface area contributed by atoms with Crippen LogP contribution in [0.1, 0.15) is 38.8 Å². The highest BCUT2D eigenvalue weighted by Gasteiger charge is 2.54. The van der Waals surface area contributed by atoms with Crippen molar-refractivity contribution in [1.29, 1.82) is 0 Å². The van der Waals surface area contributed by atoms with Crippen molar-refractivity contribution < 1.29 is 33.4 Å². The quantitative estimate of drug-likeness (QED) is 0.135. The number of ether oxygens (including phenoxy) is 2. The van der Waals surface area contributed by atoms with E-state index in [1.165, 1.54) is 40.0 Å². The molecule has 2 unspecified atom stereocenters. The van der Waals surface area contributed by atoms with Gasteiger partial charge in [0.15, 0.2) is 0 Å². The van der Waals surface area contributed by atoms with Gasteiger partial charge in [-0.2, -0.15) is 0 Å². The molecular weight excluding hydrogens is 684 g/mol. The van der Waals surface area contributed by atoms with Crippen molar-refractivity contribution in [2.75, 3.05) is 44.4 Å². The zero-order valence-corrected chi connectivity index (χ0v) is 29.8. The van der Waals surface area contributed by atoms with Gasteiger partial charge in [-0.1, -0.05) is 49.9 Å². The Bertz CT molecular complexity index is 1500. The first-order valence-electron chi connectivity index (χ1n) is 15.4. The molecule has 2 aliphatic heterocycles. The molecule has 15 nitrogen and oxygen atoms in total. The predicted octanol–water partition coefficient (Wildman–Crippen LogP) is 1.17. The van der Waals surface area contributed by atoms with Gasteiger partial charge in [0.05, 0.1) is 13.0 Å². The van der Waals surface area contributed by atoms with E-state index in [9.17, 15) is 24.0 Å². The molecule has 2 atom stereocenters. The molecule has 0 aliphatic carbocycles. The summed E-state index contributed by atoms with van der Waals surface area (Å²) in [5.74, 6) is -1.38. The van der Waals surface area contributed by atoms with Crippen molar-refractivity contribution in [2.45, 2.75) is 63.8 Å². The predicted molar refractivity (Wildman–Crippen MR) is 181 cm³/mol. The molecule has 0 saturated carbocycles. The number of likely N-dealkylation sites (N-methyl/N-ethyl adjacent to an activating group) is 1. The Balaban J connectivity index is 0.00000625. The first-order valence-corrected chi connectivity index (χ1v) is 17.4. The van der Waals surface area contributed by atoms with E-state index >= 15 is 0 Å². The summed E-state index contributed by atoms with van der Waals surface area (Å²) in [6.45, 7) is 9.85. The average Bonchev–Trinajstić information content (AvgIpc) is 3.50. The number of nitrogens with one attached hydrogen (secondary N) is 2. The smallest absolute Gasteiger partial charge is 0.355 e. The SMILES string of the molecule is CCOC(=O)Cn1nnnc1SCC1=C(C(=O)OCCN(CC)CC)N2C(=O)C(NC(=O)Cc3ccccc3CNC(C)=O)C2SC1.Cl. The summed E-state index contributed by atoms with van der Waals surface area (Å²) in [6.07, 6.45) is 0.0232. The lowest BCUT2D eigenvalue weighted by Gasteiger charge is -2.49. The molecule has 1 saturated heterocycles. The van der Waals surface area contributed by atoms with E-state index in [2.05, 4.69) is 31.1 Å². The summed E-state index contributed by atoms with van der Waals surface area (Å²) in [7, 11) is 0. The zero-order chi connectivity index (χ0) is 33.9. The van der Waals surface area contributed by atoms with E-state index < -0.39 is 29.3 Å². The van der Waals surface area contributed by atoms with Crippen LogP contribution >= 0.6 is 35.9 Å². The third-order valence-electron chi connectivity index (χ3n) is 7.55. The number of esters is 2. The number of carbonyl (C=O) groups excluding carboxylic acids is 5. The fraction of sp³-hybridized carbons (Fsp3) is 0.533. The van der Waals surface area contributed by atoms with Crippen LogP contribution < -0.4 is 10.6 Å². The Kier molecular flexibility index (Phi) is 15.2. The largest absolute Gasteiger partial charge is 0.465 e. The maximum absolute atomic E-state index is 13.5. The van der Waals surface area contributed by atoms with Gasteiger partial charge < -0.3 is 25.0 Å². The third kappa shape index (κ3) is 9.93. The maximum atomic E-state index is 13.5. The summed E-state index contributed by atoms with van der Waals surface area (Å²) >= 11 is 2.66. The van der Waals surface area contributed by atoms with Gasteiger partial charge >= 0.3 is 11.9 Å². The second kappa shape index (κ2) is 18.8. The van der Waals surface area contributed by atoms with Crippen LogP contribution in [0.25, 0.3) is 0 Å². The highest BCUT2D eigenvalue weighted by atomic mass is 35.5. The highest BCUT2D eigenvalue weighted by molar-refractivity contribution is 8.01. The molecule has 3 heterocycles. The van der Waals surface area contributed by atoms with Crippen molar-refractivity contribution in [1.82, 2.24) is 40.6 Å². The second-order valence-corrected chi connectivity index (χ2v) is 12.7. The van der Waals surface area contributed by atoms with E-state index in [0.717, 1.165) is 24.2 Å². The van der Waals surface area contributed by atoms with Crippen LogP contribution in [0.4, 0.5) is 0 Å². The number of β-lactam (4-membered cyclic amide) rings is 1. The zero-order valence-electron chi connectivity index (χ0n) is 27.3. The lowest BCUT2D eigenvalue weighted by atomic mass is 10.0. The van der Waals surface area contributed by atoms with Crippen LogP contribution in [0.3, 0.4) is 0 Å². The third-order valence-corrected chi connectivity index (χ3v) is 9.93. The molecule has 0 radical (unpaired) electrons. The Hall–Kier alpha value is -3.67. The van der Waals surface area contributed by atoms with E-state index in [1.807, 2.05) is 38.1 Å². The van der Waals surface area contributed by atoms with Gasteiger partial charge in [0, 0.05) is 31.5 Å². The summed E-state index contributed by atoms with van der Waals surface area (Å²) in [5, 5.41) is 17.0. The number of aromatic nitrogens is 4. The van der Waals surface area contributed by atoms with E-state index in [-0.39, 0.29) is 68.4 Å². The summed E-state index contributed by atoms with van der Waals surface area (Å²) < 4.78 is 12.0. The molecule has 1 aromatic carbocycles. The molecule has 1 aromatic heterocycles. The van der Waals surface area contributed by atoms with Gasteiger partial charge in [0.2, 0.25) is 17.0 Å². The van der Waals surface area contributed by atoms with Gasteiger partial charge in [-0.05, 0) is 47.1 Å². The number of halogens is 1. The number of benzene rings is 1. The van der Waals surface area contributed by atoms with Crippen LogP contribution in [0.2, 0.25) is 0 Å². The minimum Gasteiger partial charge on any atom is -0.465 e. The summed E-state index contributed by atoms with van der Waals surface area (Å²) in [4.78, 5) is 67.1. The Morgan fingerprint density at radius 3 is 2.52 bits per heavy atom. The lowest BCUT2D eigenvalue weighted by Crippen LogP contribution is -2.70. The number of tetrazole rings is 1. The average molecular weight is 725 g/mol. The normalized spacial score (nSPS) is 16.9. The van der Waals surface area contributed by atoms with Crippen molar-refractivity contribution in [3.8, 4) is 0 Å². The van der Waals surface area contributed by atoms with Gasteiger partial charge in [0.1, 0.15) is 30.3 Å². The fourth-order valence-corrected chi connectivity index (χ4v) is 7.42. The van der Waals surface area contributed by atoms with E-state index in [0.29, 0.717) is 23.0 Å². The molecule has 0 bridgehead atoms. The number of carbonyl (C=O) groups is 5. The van der Waals surface area contributed by atoms with Crippen molar-refractivity contribution in [2.24, 2.45) is 0 Å². The monoisotopic (exact) mass is 724 g/mol. The van der Waals surface area contributed by atoms with Gasteiger partial charge in [-0.15, -0.1) is 29.3 Å². The number of fused-ring (bicyclic) bond motifs is 1. The van der Waals surface area contributed by atoms with Gasteiger partial charge in [-0.3, -0.25) is 24.1 Å². The highest BCUT2D eigenvalue weighted by Crippen LogP contribution is 2.42. The number of thioether (sulfide) groups is 2.